The van der Waals surface area contributed by atoms with Crippen LogP contribution in [0.3, 0.4) is 0 Å². The standard InChI is InChI=1S/C21H27FN2O3/c22-18-6-8-21(9-7-18)27-15-14-26-17-20(25)16-23-10-12-24(13-11-23)19-4-2-1-3-5-19/h1-9,20,25H,10-17H2/t20-/m1/s1. The number of anilines is 1. The molecule has 5 nitrogen and oxygen atoms in total. The molecular weight excluding hydrogens is 347 g/mol. The van der Waals surface area contributed by atoms with Gasteiger partial charge in [0, 0.05) is 38.4 Å². The monoisotopic (exact) mass is 374 g/mol. The van der Waals surface area contributed by atoms with Crippen LogP contribution in [0.25, 0.3) is 0 Å². The highest BCUT2D eigenvalue weighted by atomic mass is 19.1. The maximum Gasteiger partial charge on any atom is 0.123 e. The lowest BCUT2D eigenvalue weighted by Gasteiger charge is -2.36. The minimum absolute atomic E-state index is 0.283. The number of hydrogen-bond donors (Lipinski definition) is 1. The number of β-amino-alcohol motifs (C(OH)–C–C–N with tert-alkyl or cyclic N) is 1. The van der Waals surface area contributed by atoms with Gasteiger partial charge in [0.1, 0.15) is 18.2 Å². The zero-order chi connectivity index (χ0) is 18.9. The molecule has 0 unspecified atom stereocenters. The van der Waals surface area contributed by atoms with E-state index in [-0.39, 0.29) is 12.4 Å². The first-order valence-electron chi connectivity index (χ1n) is 9.37. The highest BCUT2D eigenvalue weighted by molar-refractivity contribution is 5.46. The second-order valence-electron chi connectivity index (χ2n) is 6.65. The van der Waals surface area contributed by atoms with E-state index in [1.165, 1.54) is 17.8 Å². The van der Waals surface area contributed by atoms with Gasteiger partial charge in [-0.25, -0.2) is 4.39 Å². The summed E-state index contributed by atoms with van der Waals surface area (Å²) in [6.45, 7) is 5.43. The fourth-order valence-corrected chi connectivity index (χ4v) is 3.15. The Labute approximate surface area is 159 Å². The Kier molecular flexibility index (Phi) is 7.45. The van der Waals surface area contributed by atoms with Crippen LogP contribution in [0.2, 0.25) is 0 Å². The summed E-state index contributed by atoms with van der Waals surface area (Å²) < 4.78 is 23.7. The summed E-state index contributed by atoms with van der Waals surface area (Å²) >= 11 is 0. The van der Waals surface area contributed by atoms with Gasteiger partial charge in [-0.2, -0.15) is 0 Å². The van der Waals surface area contributed by atoms with Crippen LogP contribution in [0, 0.1) is 5.82 Å². The smallest absolute Gasteiger partial charge is 0.123 e. The third-order valence-corrected chi connectivity index (χ3v) is 4.58. The summed E-state index contributed by atoms with van der Waals surface area (Å²) in [6, 6.07) is 16.3. The fraction of sp³-hybridized carbons (Fsp3) is 0.429. The molecule has 1 aliphatic heterocycles. The third kappa shape index (κ3) is 6.50. The number of rotatable bonds is 9. The lowest BCUT2D eigenvalue weighted by Crippen LogP contribution is -2.49. The number of piperazine rings is 1. The first-order valence-corrected chi connectivity index (χ1v) is 9.37. The van der Waals surface area contributed by atoms with Gasteiger partial charge in [0.05, 0.1) is 19.3 Å². The molecule has 0 aromatic heterocycles. The first-order chi connectivity index (χ1) is 13.2. The van der Waals surface area contributed by atoms with E-state index in [9.17, 15) is 9.50 Å². The molecule has 1 N–H and O–H groups in total. The quantitative estimate of drug-likeness (QED) is 0.683. The van der Waals surface area contributed by atoms with Gasteiger partial charge in [0.15, 0.2) is 0 Å². The fourth-order valence-electron chi connectivity index (χ4n) is 3.15. The highest BCUT2D eigenvalue weighted by Gasteiger charge is 2.19. The van der Waals surface area contributed by atoms with E-state index in [1.807, 2.05) is 6.07 Å². The summed E-state index contributed by atoms with van der Waals surface area (Å²) in [6.07, 6.45) is -0.515. The average Bonchev–Trinajstić information content (AvgIpc) is 2.70. The number of para-hydroxylation sites is 1. The van der Waals surface area contributed by atoms with Crippen molar-refractivity contribution in [2.75, 3.05) is 57.4 Å². The molecule has 1 aliphatic rings. The van der Waals surface area contributed by atoms with E-state index in [0.717, 1.165) is 26.2 Å². The minimum Gasteiger partial charge on any atom is -0.491 e. The normalized spacial score (nSPS) is 16.3. The molecule has 1 saturated heterocycles. The van der Waals surface area contributed by atoms with E-state index in [1.54, 1.807) is 12.1 Å². The van der Waals surface area contributed by atoms with E-state index in [0.29, 0.717) is 25.5 Å². The SMILES string of the molecule is O[C@@H](COCCOc1ccc(F)cc1)CN1CCN(c2ccccc2)CC1. The molecular formula is C21H27FN2O3. The van der Waals surface area contributed by atoms with Crippen LogP contribution in [0.15, 0.2) is 54.6 Å². The zero-order valence-corrected chi connectivity index (χ0v) is 15.5. The van der Waals surface area contributed by atoms with Crippen LogP contribution >= 0.6 is 0 Å². The largest absolute Gasteiger partial charge is 0.491 e. The summed E-state index contributed by atoms with van der Waals surface area (Å²) in [5.41, 5.74) is 1.25. The number of aliphatic hydroxyl groups is 1. The van der Waals surface area contributed by atoms with Gasteiger partial charge in [0.2, 0.25) is 0 Å². The molecule has 0 spiro atoms. The Bertz CT molecular complexity index is 661. The van der Waals surface area contributed by atoms with Crippen molar-refractivity contribution in [2.45, 2.75) is 6.10 Å². The topological polar surface area (TPSA) is 45.2 Å². The number of ether oxygens (including phenoxy) is 2. The first kappa shape index (κ1) is 19.6. The molecule has 1 atom stereocenters. The van der Waals surface area contributed by atoms with Crippen molar-refractivity contribution in [3.63, 3.8) is 0 Å². The number of hydrogen-bond acceptors (Lipinski definition) is 5. The Morgan fingerprint density at radius 1 is 0.926 bits per heavy atom. The molecule has 1 heterocycles. The third-order valence-electron chi connectivity index (χ3n) is 4.58. The number of halogens is 1. The molecule has 0 amide bonds. The lowest BCUT2D eigenvalue weighted by atomic mass is 10.2. The predicted octanol–water partition coefficient (Wildman–Crippen LogP) is 2.40. The van der Waals surface area contributed by atoms with Crippen molar-refractivity contribution in [3.05, 3.63) is 60.4 Å². The van der Waals surface area contributed by atoms with Gasteiger partial charge >= 0.3 is 0 Å². The van der Waals surface area contributed by atoms with Crippen LogP contribution in [-0.4, -0.2) is 68.7 Å². The van der Waals surface area contributed by atoms with Gasteiger partial charge in [-0.1, -0.05) is 18.2 Å². The van der Waals surface area contributed by atoms with Crippen LogP contribution in [-0.2, 0) is 4.74 Å². The van der Waals surface area contributed by atoms with E-state index in [4.69, 9.17) is 9.47 Å². The van der Waals surface area contributed by atoms with E-state index in [2.05, 4.69) is 34.1 Å². The molecule has 2 aromatic carbocycles. The zero-order valence-electron chi connectivity index (χ0n) is 15.5. The molecule has 0 radical (unpaired) electrons. The van der Waals surface area contributed by atoms with Crippen molar-refractivity contribution >= 4 is 5.69 Å². The molecule has 1 fully saturated rings. The average molecular weight is 374 g/mol. The Balaban J connectivity index is 1.26. The van der Waals surface area contributed by atoms with Crippen molar-refractivity contribution in [2.24, 2.45) is 0 Å². The summed E-state index contributed by atoms with van der Waals surface area (Å²) in [5, 5.41) is 10.2. The van der Waals surface area contributed by atoms with Crippen LogP contribution in [0.5, 0.6) is 5.75 Å². The van der Waals surface area contributed by atoms with Crippen molar-refractivity contribution < 1.29 is 19.0 Å². The number of nitrogens with zero attached hydrogens (tertiary/aromatic N) is 2. The van der Waals surface area contributed by atoms with Gasteiger partial charge in [-0.15, -0.1) is 0 Å². The molecule has 146 valence electrons. The van der Waals surface area contributed by atoms with Crippen molar-refractivity contribution in [1.82, 2.24) is 4.90 Å². The van der Waals surface area contributed by atoms with Gasteiger partial charge in [-0.05, 0) is 36.4 Å². The Morgan fingerprint density at radius 3 is 2.33 bits per heavy atom. The lowest BCUT2D eigenvalue weighted by molar-refractivity contribution is 0.00717. The van der Waals surface area contributed by atoms with Crippen LogP contribution < -0.4 is 9.64 Å². The maximum absolute atomic E-state index is 12.8. The molecule has 0 aliphatic carbocycles. The summed E-state index contributed by atoms with van der Waals surface area (Å²) in [5.74, 6) is 0.322. The Morgan fingerprint density at radius 2 is 1.63 bits per heavy atom. The Hall–Kier alpha value is -2.15. The van der Waals surface area contributed by atoms with E-state index >= 15 is 0 Å². The van der Waals surface area contributed by atoms with Crippen LogP contribution in [0.4, 0.5) is 10.1 Å². The maximum atomic E-state index is 12.8. The summed E-state index contributed by atoms with van der Waals surface area (Å²) in [7, 11) is 0. The van der Waals surface area contributed by atoms with Gasteiger partial charge in [-0.3, -0.25) is 4.90 Å². The number of benzene rings is 2. The van der Waals surface area contributed by atoms with Gasteiger partial charge in [0.25, 0.3) is 0 Å². The van der Waals surface area contributed by atoms with Crippen molar-refractivity contribution in [1.29, 1.82) is 0 Å². The van der Waals surface area contributed by atoms with Crippen LogP contribution in [0.1, 0.15) is 0 Å². The number of aliphatic hydroxyl groups excluding tert-OH is 1. The second kappa shape index (κ2) is 10.3. The van der Waals surface area contributed by atoms with Crippen molar-refractivity contribution in [3.8, 4) is 5.75 Å². The predicted molar refractivity (Wildman–Crippen MR) is 104 cm³/mol. The molecule has 0 bridgehead atoms. The minimum atomic E-state index is -0.515. The second-order valence-corrected chi connectivity index (χ2v) is 6.65. The molecule has 3 rings (SSSR count). The molecule has 27 heavy (non-hydrogen) atoms. The summed E-state index contributed by atoms with van der Waals surface area (Å²) in [4.78, 5) is 4.63. The molecule has 0 saturated carbocycles. The van der Waals surface area contributed by atoms with Gasteiger partial charge < -0.3 is 19.5 Å². The van der Waals surface area contributed by atoms with E-state index < -0.39 is 6.10 Å². The molecule has 2 aromatic rings. The molecule has 6 heteroatoms. The highest BCUT2D eigenvalue weighted by Crippen LogP contribution is 2.15.